The van der Waals surface area contributed by atoms with Crippen LogP contribution in [0.25, 0.3) is 0 Å². The minimum atomic E-state index is -1.13. The van der Waals surface area contributed by atoms with Crippen LogP contribution in [-0.2, 0) is 9.59 Å². The number of carbonyl (C=O) groups is 2. The summed E-state index contributed by atoms with van der Waals surface area (Å²) in [4.78, 5) is 26.5. The van der Waals surface area contributed by atoms with Gasteiger partial charge < -0.3 is 20.6 Å². The van der Waals surface area contributed by atoms with Crippen LogP contribution in [0.15, 0.2) is 0 Å². The molecule has 4 fully saturated rings. The van der Waals surface area contributed by atoms with Crippen LogP contribution in [-0.4, -0.2) is 58.9 Å². The van der Waals surface area contributed by atoms with Crippen molar-refractivity contribution in [2.75, 3.05) is 13.1 Å². The summed E-state index contributed by atoms with van der Waals surface area (Å²) in [6.07, 6.45) is 4.12. The van der Waals surface area contributed by atoms with E-state index >= 15 is 0 Å². The number of hydrogen-bond acceptors (Lipinski definition) is 5. The monoisotopic (exact) mass is 394 g/mol. The molecule has 1 heterocycles. The average molecular weight is 394 g/mol. The molecule has 4 rings (SSSR count). The normalized spacial score (nSPS) is 35.4. The number of nitriles is 1. The number of nitrogens with one attached hydrogen (secondary N) is 2. The van der Waals surface area contributed by atoms with Gasteiger partial charge in [0, 0.05) is 17.4 Å². The molecule has 28 heavy (non-hydrogen) atoms. The average Bonchev–Trinajstić information content (AvgIpc) is 3.08. The van der Waals surface area contributed by atoms with E-state index in [4.69, 9.17) is 5.26 Å². The molecule has 0 aromatic carbocycles. The van der Waals surface area contributed by atoms with Crippen molar-refractivity contribution < 1.29 is 19.1 Å². The molecule has 3 atom stereocenters. The zero-order chi connectivity index (χ0) is 20.4. The second kappa shape index (κ2) is 8.34. The van der Waals surface area contributed by atoms with Gasteiger partial charge in [0.2, 0.25) is 11.8 Å². The number of likely N-dealkylation sites (tertiary alicyclic amines) is 1. The molecule has 2 amide bonds. The van der Waals surface area contributed by atoms with Gasteiger partial charge in [-0.15, -0.1) is 0 Å². The van der Waals surface area contributed by atoms with Crippen LogP contribution in [0.3, 0.4) is 0 Å². The van der Waals surface area contributed by atoms with Crippen molar-refractivity contribution in [3.05, 3.63) is 0 Å². The Bertz CT molecular complexity index is 625. The first-order valence-corrected chi connectivity index (χ1v) is 10.4. The highest BCUT2D eigenvalue weighted by molar-refractivity contribution is 5.83. The fraction of sp³-hybridized carbons (Fsp3) is 0.850. The molecule has 3 N–H and O–H groups in total. The topological polar surface area (TPSA) is 105 Å². The minimum Gasteiger partial charge on any atom is -0.374 e. The molecular formula is C20H31FN4O3. The van der Waals surface area contributed by atoms with Crippen LogP contribution in [0.1, 0.15) is 64.7 Å². The van der Waals surface area contributed by atoms with Crippen LogP contribution in [0.4, 0.5) is 4.39 Å². The fourth-order valence-corrected chi connectivity index (χ4v) is 4.99. The van der Waals surface area contributed by atoms with Crippen molar-refractivity contribution in [2.24, 2.45) is 5.41 Å². The van der Waals surface area contributed by atoms with Gasteiger partial charge in [0.25, 0.3) is 0 Å². The van der Waals surface area contributed by atoms with E-state index in [0.29, 0.717) is 6.42 Å². The number of carbonyl (C=O) groups excluding carboxylic acids is 2. The van der Waals surface area contributed by atoms with Crippen LogP contribution in [0, 0.1) is 16.7 Å². The lowest BCUT2D eigenvalue weighted by molar-refractivity contribution is -0.142. The van der Waals surface area contributed by atoms with Gasteiger partial charge in [-0.05, 0) is 44.9 Å². The van der Waals surface area contributed by atoms with Crippen LogP contribution < -0.4 is 10.6 Å². The van der Waals surface area contributed by atoms with E-state index in [-0.39, 0.29) is 36.9 Å². The van der Waals surface area contributed by atoms with Crippen molar-refractivity contribution in [2.45, 2.75) is 88.7 Å². The SMILES string of the molecule is CCCC(O)NC(=O)C12CCC(NCC(=O)N3C[C@@H](F)C[C@H]3C#N)(CC1)CC2. The molecule has 0 radical (unpaired) electrons. The smallest absolute Gasteiger partial charge is 0.237 e. The predicted octanol–water partition coefficient (Wildman–Crippen LogP) is 1.37. The predicted molar refractivity (Wildman–Crippen MR) is 101 cm³/mol. The molecule has 3 saturated carbocycles. The van der Waals surface area contributed by atoms with Gasteiger partial charge in [0.05, 0.1) is 19.2 Å². The number of aliphatic hydroxyl groups is 1. The molecule has 2 bridgehead atoms. The van der Waals surface area contributed by atoms with Gasteiger partial charge in [-0.2, -0.15) is 5.26 Å². The first-order chi connectivity index (χ1) is 13.3. The number of fused-ring (bicyclic) bond motifs is 3. The Hall–Kier alpha value is -1.72. The first kappa shape index (κ1) is 21.0. The highest BCUT2D eigenvalue weighted by Crippen LogP contribution is 2.52. The summed E-state index contributed by atoms with van der Waals surface area (Å²) in [7, 11) is 0. The van der Waals surface area contributed by atoms with Crippen molar-refractivity contribution >= 4 is 11.8 Å². The Labute approximate surface area is 165 Å². The summed E-state index contributed by atoms with van der Waals surface area (Å²) < 4.78 is 13.5. The molecule has 1 saturated heterocycles. The van der Waals surface area contributed by atoms with E-state index in [0.717, 1.165) is 44.9 Å². The van der Waals surface area contributed by atoms with Gasteiger partial charge in [0.1, 0.15) is 18.4 Å². The molecular weight excluding hydrogens is 363 g/mol. The quantitative estimate of drug-likeness (QED) is 0.566. The Morgan fingerprint density at radius 3 is 2.50 bits per heavy atom. The molecule has 1 unspecified atom stereocenters. The second-order valence-corrected chi connectivity index (χ2v) is 8.72. The summed E-state index contributed by atoms with van der Waals surface area (Å²) in [5.74, 6) is -0.287. The number of nitrogens with zero attached hydrogens (tertiary/aromatic N) is 2. The summed E-state index contributed by atoms with van der Waals surface area (Å²) in [5.41, 5.74) is -0.582. The molecule has 0 aromatic heterocycles. The maximum Gasteiger partial charge on any atom is 0.237 e. The van der Waals surface area contributed by atoms with Crippen LogP contribution in [0.2, 0.25) is 0 Å². The van der Waals surface area contributed by atoms with Gasteiger partial charge >= 0.3 is 0 Å². The van der Waals surface area contributed by atoms with E-state index < -0.39 is 23.9 Å². The van der Waals surface area contributed by atoms with Crippen molar-refractivity contribution in [1.82, 2.24) is 15.5 Å². The molecule has 0 aromatic rings. The number of alkyl halides is 1. The molecule has 7 nitrogen and oxygen atoms in total. The Balaban J connectivity index is 1.52. The summed E-state index contributed by atoms with van der Waals surface area (Å²) in [5, 5.41) is 25.1. The second-order valence-electron chi connectivity index (χ2n) is 8.72. The number of amides is 2. The third kappa shape index (κ3) is 4.15. The lowest BCUT2D eigenvalue weighted by Gasteiger charge is -2.53. The van der Waals surface area contributed by atoms with Crippen LogP contribution in [0.5, 0.6) is 0 Å². The van der Waals surface area contributed by atoms with Gasteiger partial charge in [-0.1, -0.05) is 13.3 Å². The number of rotatable bonds is 7. The Morgan fingerprint density at radius 1 is 1.29 bits per heavy atom. The first-order valence-electron chi connectivity index (χ1n) is 10.4. The van der Waals surface area contributed by atoms with Crippen molar-refractivity contribution in [3.63, 3.8) is 0 Å². The van der Waals surface area contributed by atoms with E-state index in [1.54, 1.807) is 0 Å². The molecule has 4 aliphatic rings. The van der Waals surface area contributed by atoms with Gasteiger partial charge in [-0.3, -0.25) is 9.59 Å². The maximum absolute atomic E-state index is 13.5. The highest BCUT2D eigenvalue weighted by atomic mass is 19.1. The lowest BCUT2D eigenvalue weighted by Crippen LogP contribution is -2.60. The van der Waals surface area contributed by atoms with E-state index in [1.165, 1.54) is 4.90 Å². The summed E-state index contributed by atoms with van der Waals surface area (Å²) in [6.45, 7) is 2.05. The number of halogens is 1. The fourth-order valence-electron chi connectivity index (χ4n) is 4.99. The van der Waals surface area contributed by atoms with E-state index in [1.807, 2.05) is 13.0 Å². The standard InChI is InChI=1S/C20H31FN4O3/c1-2-3-16(26)24-18(28)19-4-7-20(8-5-19,9-6-19)23-12-17(27)25-13-14(21)10-15(25)11-22/h14-16,23,26H,2-10,12-13H2,1H3,(H,24,28)/t14-,15-,16?,19?,20?/m0/s1. The number of aliphatic hydroxyl groups excluding tert-OH is 1. The van der Waals surface area contributed by atoms with E-state index in [9.17, 15) is 19.1 Å². The third-order valence-electron chi connectivity index (χ3n) is 6.92. The van der Waals surface area contributed by atoms with E-state index in [2.05, 4.69) is 10.6 Å². The molecule has 156 valence electrons. The summed E-state index contributed by atoms with van der Waals surface area (Å²) in [6, 6.07) is 1.33. The highest BCUT2D eigenvalue weighted by Gasteiger charge is 2.52. The Morgan fingerprint density at radius 2 is 1.93 bits per heavy atom. The zero-order valence-corrected chi connectivity index (χ0v) is 16.5. The number of hydrogen-bond donors (Lipinski definition) is 3. The summed E-state index contributed by atoms with van der Waals surface area (Å²) >= 11 is 0. The Kier molecular flexibility index (Phi) is 6.25. The molecule has 1 aliphatic heterocycles. The van der Waals surface area contributed by atoms with Crippen molar-refractivity contribution in [3.8, 4) is 6.07 Å². The van der Waals surface area contributed by atoms with Crippen LogP contribution >= 0.6 is 0 Å². The maximum atomic E-state index is 13.5. The largest absolute Gasteiger partial charge is 0.374 e. The zero-order valence-electron chi connectivity index (χ0n) is 16.5. The van der Waals surface area contributed by atoms with Gasteiger partial charge in [-0.25, -0.2) is 4.39 Å². The lowest BCUT2D eigenvalue weighted by atomic mass is 9.57. The van der Waals surface area contributed by atoms with Gasteiger partial charge in [0.15, 0.2) is 0 Å². The molecule has 3 aliphatic carbocycles. The molecule has 0 spiro atoms. The third-order valence-corrected chi connectivity index (χ3v) is 6.92. The molecule has 8 heteroatoms. The minimum absolute atomic E-state index is 0.00485. The van der Waals surface area contributed by atoms with Crippen molar-refractivity contribution in [1.29, 1.82) is 5.26 Å².